The number of fused-ring (bicyclic) bond motifs is 7. The summed E-state index contributed by atoms with van der Waals surface area (Å²) in [7, 11) is 1.02. The van der Waals surface area contributed by atoms with E-state index in [1.807, 2.05) is 31.2 Å². The van der Waals surface area contributed by atoms with Crippen LogP contribution >= 0.6 is 0 Å². The van der Waals surface area contributed by atoms with Crippen LogP contribution < -0.4 is 0 Å². The van der Waals surface area contributed by atoms with Gasteiger partial charge >= 0.3 is 23.9 Å². The number of aliphatic hydroxyl groups is 12. The zero-order valence-electron chi connectivity index (χ0n) is 59.6. The van der Waals surface area contributed by atoms with Gasteiger partial charge in [-0.25, -0.2) is 9.59 Å². The van der Waals surface area contributed by atoms with Crippen molar-refractivity contribution in [2.24, 2.45) is 62.1 Å². The minimum Gasteiger partial charge on any atom is -0.467 e. The molecule has 25 unspecified atom stereocenters. The third-order valence-corrected chi connectivity index (χ3v) is 25.7. The number of methoxy groups -OCH3 is 1. The second kappa shape index (κ2) is 29.9. The van der Waals surface area contributed by atoms with Gasteiger partial charge in [0.25, 0.3) is 0 Å². The zero-order chi connectivity index (χ0) is 74.4. The largest absolute Gasteiger partial charge is 0.467 e. The van der Waals surface area contributed by atoms with Gasteiger partial charge in [-0.05, 0) is 135 Å². The van der Waals surface area contributed by atoms with Gasteiger partial charge in [-0.15, -0.1) is 0 Å². The Morgan fingerprint density at radius 3 is 1.96 bits per heavy atom. The van der Waals surface area contributed by atoms with Crippen LogP contribution in [-0.4, -0.2) is 265 Å². The van der Waals surface area contributed by atoms with Crippen molar-refractivity contribution in [1.29, 1.82) is 0 Å². The van der Waals surface area contributed by atoms with Crippen LogP contribution in [-0.2, 0) is 80.8 Å². The second-order valence-electron chi connectivity index (χ2n) is 32.4. The van der Waals surface area contributed by atoms with Gasteiger partial charge in [0.05, 0.1) is 61.7 Å². The van der Waals surface area contributed by atoms with Gasteiger partial charge in [-0.1, -0.05) is 90.4 Å². The number of rotatable bonds is 17. The molecular formula is C73H106O29. The molecule has 12 N–H and O–H groups in total. The first-order valence-electron chi connectivity index (χ1n) is 35.8. The molecule has 10 aliphatic rings. The molecule has 29 heteroatoms. The lowest BCUT2D eigenvalue weighted by molar-refractivity contribution is -0.391. The lowest BCUT2D eigenvalue weighted by atomic mass is 9.32. The van der Waals surface area contributed by atoms with Crippen molar-refractivity contribution in [1.82, 2.24) is 0 Å². The summed E-state index contributed by atoms with van der Waals surface area (Å²) in [5.74, 6) is -5.98. The van der Waals surface area contributed by atoms with Gasteiger partial charge in [-0.3, -0.25) is 9.59 Å². The molecule has 0 aromatic heterocycles. The first kappa shape index (κ1) is 78.5. The maximum absolute atomic E-state index is 16.0. The predicted molar refractivity (Wildman–Crippen MR) is 350 cm³/mol. The Hall–Kier alpha value is -4.55. The molecular weight excluding hydrogens is 1340 g/mol. The maximum Gasteiger partial charge on any atom is 0.337 e. The molecule has 0 bridgehead atoms. The van der Waals surface area contributed by atoms with Crippen molar-refractivity contribution in [2.45, 2.75) is 280 Å². The maximum atomic E-state index is 16.0. The number of carbonyl (C=O) groups excluding carboxylic acids is 5. The third kappa shape index (κ3) is 13.9. The Balaban J connectivity index is 0.896. The number of benzene rings is 1. The number of aryl methyl sites for hydroxylation is 1. The van der Waals surface area contributed by atoms with E-state index in [4.69, 9.17) is 56.8 Å². The molecule has 11 rings (SSSR count). The fourth-order valence-electron chi connectivity index (χ4n) is 19.6. The summed E-state index contributed by atoms with van der Waals surface area (Å²) in [4.78, 5) is 70.9. The van der Waals surface area contributed by atoms with E-state index in [1.54, 1.807) is 26.8 Å². The Bertz CT molecular complexity index is 3220. The quantitative estimate of drug-likeness (QED) is 0.0252. The van der Waals surface area contributed by atoms with Gasteiger partial charge in [-0.2, -0.15) is 0 Å². The van der Waals surface area contributed by atoms with Crippen molar-refractivity contribution < 1.29 is 142 Å². The molecule has 6 aliphatic carbocycles. The summed E-state index contributed by atoms with van der Waals surface area (Å²) < 4.78 is 73.7. The monoisotopic (exact) mass is 1450 g/mol. The number of aliphatic hydroxyl groups excluding tert-OH is 12. The standard InChI is InChI=1S/C73H106O29/c1-32-12-14-36(15-13-32)16-19-46(79)98-56-34(3)93-65(61(59(56)94-35(4)76)95-40-26-33(2)47(80)51(84)49(40)82)102-67(90)73-25-24-68(5,6)27-38(73)37-17-18-43-69(7)22-21-45(70(8,31-75)42(69)20-23-71(43,9)72(37,10)28-44(73)78)97-66-60(101-64-54(87)52(85)50(83)41(29-74)96-64)57(55(88)58(100-66)62(89)91-11)99-63-53(86)48(81)39(77)30-92-63/h12-19,31,33-34,37-45,47-61,63-66,74,77-78,80-88H,20-30H2,1-11H3/b19-16+/t33?,34?,37?,38-,39?,40?,41?,42+,43+,44+,45-,47?,48?,49?,50?,51?,52?,53?,54?,55?,56?,57?,58?,59?,60?,61?,63?,64?,65?,66?,69-,70-,71+,72+,73+/m0/s1. The van der Waals surface area contributed by atoms with Gasteiger partial charge in [0, 0.05) is 13.0 Å². The third-order valence-electron chi connectivity index (χ3n) is 25.7. The van der Waals surface area contributed by atoms with Crippen LogP contribution in [0.3, 0.4) is 0 Å². The highest BCUT2D eigenvalue weighted by Crippen LogP contribution is 2.76. The van der Waals surface area contributed by atoms with Crippen molar-refractivity contribution in [3.8, 4) is 0 Å². The topological polar surface area (TPSA) is 439 Å². The summed E-state index contributed by atoms with van der Waals surface area (Å²) in [5.41, 5.74) is -3.79. The molecule has 4 aliphatic heterocycles. The van der Waals surface area contributed by atoms with Crippen molar-refractivity contribution in [3.63, 3.8) is 0 Å². The Morgan fingerprint density at radius 2 is 1.29 bits per heavy atom. The van der Waals surface area contributed by atoms with E-state index >= 15 is 4.79 Å². The van der Waals surface area contributed by atoms with Crippen LogP contribution in [0, 0.1) is 69.0 Å². The molecule has 9 fully saturated rings. The molecule has 572 valence electrons. The average Bonchev–Trinajstić information content (AvgIpc) is 0.670. The lowest BCUT2D eigenvalue weighted by Gasteiger charge is -2.72. The number of aldehydes is 1. The molecule has 35 atom stereocenters. The van der Waals surface area contributed by atoms with Crippen LogP contribution in [0.2, 0.25) is 0 Å². The van der Waals surface area contributed by atoms with Crippen LogP contribution in [0.25, 0.3) is 6.08 Å². The minimum absolute atomic E-state index is 0.0218. The van der Waals surface area contributed by atoms with E-state index in [0.29, 0.717) is 37.7 Å². The van der Waals surface area contributed by atoms with E-state index in [2.05, 4.69) is 46.8 Å². The number of ether oxygens (including phenoxy) is 12. The van der Waals surface area contributed by atoms with Crippen LogP contribution in [0.15, 0.2) is 42.5 Å². The highest BCUT2D eigenvalue weighted by Gasteiger charge is 2.74. The second-order valence-corrected chi connectivity index (χ2v) is 32.4. The van der Waals surface area contributed by atoms with E-state index < -0.39 is 235 Å². The van der Waals surface area contributed by atoms with Crippen LogP contribution in [0.4, 0.5) is 0 Å². The summed E-state index contributed by atoms with van der Waals surface area (Å²) >= 11 is 0. The van der Waals surface area contributed by atoms with Crippen molar-refractivity contribution >= 4 is 36.2 Å². The van der Waals surface area contributed by atoms with Gasteiger partial charge < -0.3 is 123 Å². The van der Waals surface area contributed by atoms with E-state index in [-0.39, 0.29) is 42.9 Å². The number of allylic oxidation sites excluding steroid dienone is 2. The first-order valence-corrected chi connectivity index (χ1v) is 35.8. The Morgan fingerprint density at radius 1 is 0.627 bits per heavy atom. The summed E-state index contributed by atoms with van der Waals surface area (Å²) in [6.45, 7) is 17.3. The van der Waals surface area contributed by atoms with E-state index in [0.717, 1.165) is 25.9 Å². The molecule has 5 saturated carbocycles. The first-order chi connectivity index (χ1) is 47.9. The molecule has 0 amide bonds. The summed E-state index contributed by atoms with van der Waals surface area (Å²) in [6, 6.07) is 7.37. The van der Waals surface area contributed by atoms with Crippen molar-refractivity contribution in [3.05, 3.63) is 53.6 Å². The van der Waals surface area contributed by atoms with Gasteiger partial charge in [0.1, 0.15) is 79.5 Å². The highest BCUT2D eigenvalue weighted by molar-refractivity contribution is 5.87. The molecule has 1 aromatic carbocycles. The van der Waals surface area contributed by atoms with Crippen molar-refractivity contribution in [2.75, 3.05) is 20.3 Å². The van der Waals surface area contributed by atoms with Gasteiger partial charge in [0.2, 0.25) is 6.29 Å². The molecule has 0 spiro atoms. The SMILES string of the molecule is COC(=O)C1OC(O[C@H]2CC[C@]3(C)[C@H]4C=CC5[C@@H]6CC(C)(C)CC[C@]6(C(=O)OC6OC(C)C(OC(=O)/C=C/c7ccc(C)cc7)C(OC(C)=O)C6OC6CC(C)C(O)C(O)C6O)[C@H](O)C[C@@]5(C)[C@]4(C)CC[C@H]3[C@]2(C)C=O)C(OC2OC(CO)C(O)C(O)C2O)C(OC2OCC(O)C(O)C2O)C1O. The fraction of sp³-hybridized carbons (Fsp3) is 0.795. The predicted octanol–water partition coefficient (Wildman–Crippen LogP) is 0.477. The smallest absolute Gasteiger partial charge is 0.337 e. The van der Waals surface area contributed by atoms with Gasteiger partial charge in [0.15, 0.2) is 43.3 Å². The van der Waals surface area contributed by atoms with Crippen LogP contribution in [0.5, 0.6) is 0 Å². The molecule has 0 radical (unpaired) electrons. The lowest BCUT2D eigenvalue weighted by Crippen LogP contribution is -2.70. The summed E-state index contributed by atoms with van der Waals surface area (Å²) in [6.07, 6.45) is -31.5. The Labute approximate surface area is 592 Å². The summed E-state index contributed by atoms with van der Waals surface area (Å²) in [5, 5.41) is 134. The number of esters is 4. The van der Waals surface area contributed by atoms with Crippen LogP contribution in [0.1, 0.15) is 131 Å². The zero-order valence-corrected chi connectivity index (χ0v) is 59.6. The van der Waals surface area contributed by atoms with E-state index in [9.17, 15) is 80.5 Å². The van der Waals surface area contributed by atoms with E-state index in [1.165, 1.54) is 6.08 Å². The molecule has 102 heavy (non-hydrogen) atoms. The average molecular weight is 1450 g/mol. The molecule has 4 saturated heterocycles. The Kier molecular flexibility index (Phi) is 23.0. The molecule has 1 aromatic rings. The number of hydrogen-bond donors (Lipinski definition) is 12. The molecule has 4 heterocycles. The fourth-order valence-corrected chi connectivity index (χ4v) is 19.6. The number of carbonyl (C=O) groups is 5. The number of hydrogen-bond acceptors (Lipinski definition) is 29. The normalized spacial score (nSPS) is 49.2. The highest BCUT2D eigenvalue weighted by atomic mass is 16.8. The minimum atomic E-state index is -2.08. The molecule has 29 nitrogen and oxygen atoms in total.